The lowest BCUT2D eigenvalue weighted by atomic mass is 9.84. The van der Waals surface area contributed by atoms with Crippen molar-refractivity contribution in [3.05, 3.63) is 35.4 Å². The van der Waals surface area contributed by atoms with E-state index in [-0.39, 0.29) is 0 Å². The molecule has 1 atom stereocenters. The molecule has 0 spiro atoms. The summed E-state index contributed by atoms with van der Waals surface area (Å²) in [6, 6.07) is 7.67. The fourth-order valence-corrected chi connectivity index (χ4v) is 2.58. The Labute approximate surface area is 156 Å². The lowest BCUT2D eigenvalue weighted by molar-refractivity contribution is -0.138. The molecule has 0 saturated heterocycles. The molecule has 0 bridgehead atoms. The predicted molar refractivity (Wildman–Crippen MR) is 104 cm³/mol. The van der Waals surface area contributed by atoms with E-state index in [2.05, 4.69) is 23.1 Å². The number of unbranched alkanes of at least 4 members (excludes halogenated alkanes) is 1. The van der Waals surface area contributed by atoms with E-state index in [0.717, 1.165) is 46.0 Å². The number of aliphatic hydroxyl groups excluding tert-OH is 1. The average molecular weight is 368 g/mol. The molecule has 1 aromatic rings. The Morgan fingerprint density at radius 1 is 1.27 bits per heavy atom. The SMILES string of the molecule is CCCCB(O)O.CO.N[C@H](CCN1CCc2ccccc2C1)C(=O)O. The van der Waals surface area contributed by atoms with Gasteiger partial charge in [0.05, 0.1) is 0 Å². The highest BCUT2D eigenvalue weighted by Crippen LogP contribution is 2.18. The van der Waals surface area contributed by atoms with Crippen LogP contribution in [0.25, 0.3) is 0 Å². The highest BCUT2D eigenvalue weighted by atomic mass is 16.4. The molecule has 0 unspecified atom stereocenters. The number of nitrogens with two attached hydrogens (primary N) is 1. The Morgan fingerprint density at radius 2 is 1.88 bits per heavy atom. The summed E-state index contributed by atoms with van der Waals surface area (Å²) in [5.41, 5.74) is 8.26. The predicted octanol–water partition coefficient (Wildman–Crippen LogP) is 0.714. The van der Waals surface area contributed by atoms with Gasteiger partial charge in [0.2, 0.25) is 0 Å². The third-order valence-electron chi connectivity index (χ3n) is 4.10. The van der Waals surface area contributed by atoms with Crippen LogP contribution in [0.15, 0.2) is 24.3 Å². The Hall–Kier alpha value is -1.45. The van der Waals surface area contributed by atoms with E-state index >= 15 is 0 Å². The summed E-state index contributed by atoms with van der Waals surface area (Å²) in [7, 11) is -0.0973. The fraction of sp³-hybridized carbons (Fsp3) is 0.611. The molecule has 1 aliphatic rings. The van der Waals surface area contributed by atoms with Crippen molar-refractivity contribution in [3.8, 4) is 0 Å². The van der Waals surface area contributed by atoms with Gasteiger partial charge >= 0.3 is 13.1 Å². The molecule has 1 aromatic carbocycles. The molecule has 0 radical (unpaired) electrons. The van der Waals surface area contributed by atoms with E-state index in [4.69, 9.17) is 26.0 Å². The van der Waals surface area contributed by atoms with Crippen LogP contribution in [0.4, 0.5) is 0 Å². The first-order valence-corrected chi connectivity index (χ1v) is 9.02. The van der Waals surface area contributed by atoms with Gasteiger partial charge in [-0.25, -0.2) is 0 Å². The van der Waals surface area contributed by atoms with Gasteiger partial charge in [-0.1, -0.05) is 44.0 Å². The van der Waals surface area contributed by atoms with Gasteiger partial charge < -0.3 is 26.0 Å². The zero-order valence-electron chi connectivity index (χ0n) is 15.8. The van der Waals surface area contributed by atoms with Gasteiger partial charge in [-0.3, -0.25) is 9.69 Å². The molecule has 0 amide bonds. The van der Waals surface area contributed by atoms with Crippen LogP contribution in [0, 0.1) is 0 Å². The third-order valence-corrected chi connectivity index (χ3v) is 4.10. The van der Waals surface area contributed by atoms with Gasteiger partial charge in [0.25, 0.3) is 0 Å². The van der Waals surface area contributed by atoms with Crippen molar-refractivity contribution in [2.24, 2.45) is 5.73 Å². The molecule has 0 aliphatic carbocycles. The number of fused-ring (bicyclic) bond motifs is 1. The number of carboxylic acids is 1. The largest absolute Gasteiger partial charge is 0.480 e. The summed E-state index contributed by atoms with van der Waals surface area (Å²) in [6.45, 7) is 4.66. The Bertz CT molecular complexity index is 502. The molecular formula is C18H33BN2O5. The molecule has 8 heteroatoms. The second-order valence-electron chi connectivity index (χ2n) is 6.15. The topological polar surface area (TPSA) is 127 Å². The zero-order chi connectivity index (χ0) is 19.9. The lowest BCUT2D eigenvalue weighted by Crippen LogP contribution is -2.37. The van der Waals surface area contributed by atoms with Crippen LogP contribution < -0.4 is 5.73 Å². The second-order valence-corrected chi connectivity index (χ2v) is 6.15. The summed E-state index contributed by atoms with van der Waals surface area (Å²) < 4.78 is 0. The lowest BCUT2D eigenvalue weighted by Gasteiger charge is -2.29. The number of carbonyl (C=O) groups is 1. The van der Waals surface area contributed by atoms with Gasteiger partial charge in [0, 0.05) is 26.7 Å². The second kappa shape index (κ2) is 14.7. The van der Waals surface area contributed by atoms with E-state index in [1.807, 2.05) is 13.0 Å². The van der Waals surface area contributed by atoms with E-state index < -0.39 is 19.1 Å². The molecule has 26 heavy (non-hydrogen) atoms. The normalized spacial score (nSPS) is 14.1. The number of hydrogen-bond acceptors (Lipinski definition) is 6. The van der Waals surface area contributed by atoms with Gasteiger partial charge in [-0.2, -0.15) is 0 Å². The third kappa shape index (κ3) is 10.5. The van der Waals surface area contributed by atoms with E-state index in [9.17, 15) is 4.79 Å². The molecule has 7 nitrogen and oxygen atoms in total. The Morgan fingerprint density at radius 3 is 2.38 bits per heavy atom. The van der Waals surface area contributed by atoms with Crippen molar-refractivity contribution in [2.75, 3.05) is 20.2 Å². The van der Waals surface area contributed by atoms with Crippen LogP contribution in [-0.2, 0) is 17.8 Å². The number of carboxylic acid groups (broad SMARTS) is 1. The standard InChI is InChI=1S/C13H18N2O2.C4H11BO2.CH4O/c14-12(13(16)17)6-8-15-7-5-10-3-1-2-4-11(10)9-15;1-2-3-4-5(6)7;1-2/h1-4,12H,5-9,14H2,(H,16,17);6-7H,2-4H2,1H3;2H,1H3/t12-;;/m1../s1. The molecule has 1 heterocycles. The van der Waals surface area contributed by atoms with Crippen molar-refractivity contribution >= 4 is 13.1 Å². The van der Waals surface area contributed by atoms with Crippen molar-refractivity contribution in [3.63, 3.8) is 0 Å². The number of aliphatic hydroxyl groups is 1. The number of hydrogen-bond donors (Lipinski definition) is 5. The first-order chi connectivity index (χ1) is 12.4. The molecule has 1 aliphatic heterocycles. The number of aliphatic carboxylic acids is 1. The highest BCUT2D eigenvalue weighted by molar-refractivity contribution is 6.40. The minimum Gasteiger partial charge on any atom is -0.480 e. The van der Waals surface area contributed by atoms with Crippen LogP contribution in [0.1, 0.15) is 37.3 Å². The van der Waals surface area contributed by atoms with Gasteiger partial charge in [0.15, 0.2) is 0 Å². The summed E-state index contributed by atoms with van der Waals surface area (Å²) >= 11 is 0. The van der Waals surface area contributed by atoms with Gasteiger partial charge in [-0.15, -0.1) is 0 Å². The van der Waals surface area contributed by atoms with E-state index in [1.54, 1.807) is 0 Å². The summed E-state index contributed by atoms with van der Waals surface area (Å²) in [5.74, 6) is -0.914. The molecule has 0 fully saturated rings. The quantitative estimate of drug-likeness (QED) is 0.449. The monoisotopic (exact) mass is 368 g/mol. The molecule has 2 rings (SSSR count). The zero-order valence-corrected chi connectivity index (χ0v) is 15.8. The van der Waals surface area contributed by atoms with Crippen molar-refractivity contribution in [2.45, 2.75) is 51.5 Å². The highest BCUT2D eigenvalue weighted by Gasteiger charge is 2.18. The summed E-state index contributed by atoms with van der Waals surface area (Å²) in [5, 5.41) is 32.2. The fourth-order valence-electron chi connectivity index (χ4n) is 2.58. The first kappa shape index (κ1) is 24.6. The van der Waals surface area contributed by atoms with Gasteiger partial charge in [0.1, 0.15) is 6.04 Å². The van der Waals surface area contributed by atoms with Crippen molar-refractivity contribution in [1.82, 2.24) is 4.90 Å². The number of nitrogens with zero attached hydrogens (tertiary/aromatic N) is 1. The van der Waals surface area contributed by atoms with Crippen LogP contribution in [0.5, 0.6) is 0 Å². The summed E-state index contributed by atoms with van der Waals surface area (Å²) in [4.78, 5) is 12.9. The first-order valence-electron chi connectivity index (χ1n) is 9.02. The van der Waals surface area contributed by atoms with E-state index in [1.165, 1.54) is 11.1 Å². The van der Waals surface area contributed by atoms with Crippen LogP contribution in [-0.4, -0.2) is 64.5 Å². The average Bonchev–Trinajstić information content (AvgIpc) is 2.66. The molecule has 0 aromatic heterocycles. The van der Waals surface area contributed by atoms with Crippen LogP contribution in [0.2, 0.25) is 6.32 Å². The smallest absolute Gasteiger partial charge is 0.451 e. The minimum absolute atomic E-state index is 0.510. The molecule has 148 valence electrons. The maximum absolute atomic E-state index is 10.6. The minimum atomic E-state index is -1.10. The number of rotatable bonds is 7. The maximum Gasteiger partial charge on any atom is 0.451 e. The maximum atomic E-state index is 10.6. The van der Waals surface area contributed by atoms with E-state index in [0.29, 0.717) is 12.7 Å². The number of benzene rings is 1. The Kier molecular flexibility index (Phi) is 13.9. The van der Waals surface area contributed by atoms with Crippen molar-refractivity contribution in [1.29, 1.82) is 0 Å². The molecule has 0 saturated carbocycles. The molecular weight excluding hydrogens is 335 g/mol. The summed E-state index contributed by atoms with van der Waals surface area (Å²) in [6.07, 6.45) is 3.99. The van der Waals surface area contributed by atoms with Crippen LogP contribution >= 0.6 is 0 Å². The van der Waals surface area contributed by atoms with Gasteiger partial charge in [-0.05, 0) is 30.3 Å². The van der Waals surface area contributed by atoms with Crippen molar-refractivity contribution < 1.29 is 25.1 Å². The van der Waals surface area contributed by atoms with Crippen LogP contribution in [0.3, 0.4) is 0 Å². The molecule has 6 N–H and O–H groups in total. The Balaban J connectivity index is 0.000000589.